The third-order valence-electron chi connectivity index (χ3n) is 3.42. The molecule has 2 aromatic carbocycles. The van der Waals surface area contributed by atoms with Crippen molar-refractivity contribution in [3.05, 3.63) is 71.8 Å². The van der Waals surface area contributed by atoms with Crippen LogP contribution in [0.1, 0.15) is 17.0 Å². The van der Waals surface area contributed by atoms with Crippen LogP contribution in [0.4, 0.5) is 4.79 Å². The molecule has 96 valence electrons. The van der Waals surface area contributed by atoms with Gasteiger partial charge in [-0.2, -0.15) is 0 Å². The van der Waals surface area contributed by atoms with E-state index >= 15 is 0 Å². The fourth-order valence-electron chi connectivity index (χ4n) is 2.56. The first-order valence-electron chi connectivity index (χ1n) is 6.38. The predicted octanol–water partition coefficient (Wildman–Crippen LogP) is 2.93. The second-order valence-corrected chi connectivity index (χ2v) is 4.65. The minimum atomic E-state index is -0.332. The van der Waals surface area contributed by atoms with Gasteiger partial charge in [-0.25, -0.2) is 4.79 Å². The zero-order valence-electron chi connectivity index (χ0n) is 10.5. The maximum Gasteiger partial charge on any atom is 0.407 e. The Morgan fingerprint density at radius 2 is 1.47 bits per heavy atom. The Morgan fingerprint density at radius 3 is 1.89 bits per heavy atom. The highest BCUT2D eigenvalue weighted by Gasteiger charge is 2.32. The first kappa shape index (κ1) is 11.8. The van der Waals surface area contributed by atoms with Crippen LogP contribution in [-0.4, -0.2) is 18.7 Å². The van der Waals surface area contributed by atoms with Crippen LogP contribution in [0.15, 0.2) is 60.7 Å². The molecule has 3 rings (SSSR count). The molecule has 0 aromatic heterocycles. The highest BCUT2D eigenvalue weighted by molar-refractivity contribution is 5.70. The van der Waals surface area contributed by atoms with Crippen molar-refractivity contribution in [3.63, 3.8) is 0 Å². The van der Waals surface area contributed by atoms with Crippen LogP contribution in [-0.2, 0) is 4.74 Å². The van der Waals surface area contributed by atoms with Gasteiger partial charge in [-0.15, -0.1) is 0 Å². The summed E-state index contributed by atoms with van der Waals surface area (Å²) in [6, 6.07) is 20.4. The monoisotopic (exact) mass is 253 g/mol. The summed E-state index contributed by atoms with van der Waals surface area (Å²) in [5.41, 5.74) is 2.37. The van der Waals surface area contributed by atoms with Crippen LogP contribution in [0.5, 0.6) is 0 Å². The van der Waals surface area contributed by atoms with E-state index in [0.717, 1.165) is 0 Å². The summed E-state index contributed by atoms with van der Waals surface area (Å²) in [6.07, 6.45) is -0.332. The smallest absolute Gasteiger partial charge is 0.407 e. The van der Waals surface area contributed by atoms with Crippen molar-refractivity contribution >= 4 is 6.09 Å². The Labute approximate surface area is 112 Å². The Kier molecular flexibility index (Phi) is 3.19. The zero-order valence-corrected chi connectivity index (χ0v) is 10.5. The highest BCUT2D eigenvalue weighted by Crippen LogP contribution is 2.29. The molecule has 0 bridgehead atoms. The van der Waals surface area contributed by atoms with Gasteiger partial charge in [0, 0.05) is 5.92 Å². The van der Waals surface area contributed by atoms with Crippen LogP contribution in [0, 0.1) is 0 Å². The molecule has 0 spiro atoms. The van der Waals surface area contributed by atoms with E-state index in [9.17, 15) is 4.79 Å². The molecule has 1 fully saturated rings. The zero-order chi connectivity index (χ0) is 13.1. The van der Waals surface area contributed by atoms with Crippen molar-refractivity contribution in [2.45, 2.75) is 12.0 Å². The Morgan fingerprint density at radius 1 is 0.947 bits per heavy atom. The second-order valence-electron chi connectivity index (χ2n) is 4.65. The number of carbonyl (C=O) groups excluding carboxylic acids is 1. The van der Waals surface area contributed by atoms with E-state index < -0.39 is 0 Å². The minimum Gasteiger partial charge on any atom is -0.447 e. The van der Waals surface area contributed by atoms with Crippen molar-refractivity contribution in [2.75, 3.05) is 6.61 Å². The number of hydrogen-bond acceptors (Lipinski definition) is 2. The molecule has 0 radical (unpaired) electrons. The van der Waals surface area contributed by atoms with Crippen LogP contribution >= 0.6 is 0 Å². The first-order chi connectivity index (χ1) is 9.34. The van der Waals surface area contributed by atoms with Gasteiger partial charge in [0.25, 0.3) is 0 Å². The first-order valence-corrected chi connectivity index (χ1v) is 6.38. The van der Waals surface area contributed by atoms with Crippen molar-refractivity contribution in [2.24, 2.45) is 0 Å². The average Bonchev–Trinajstić information content (AvgIpc) is 2.88. The number of rotatable bonds is 3. The van der Waals surface area contributed by atoms with Gasteiger partial charge >= 0.3 is 6.09 Å². The predicted molar refractivity (Wildman–Crippen MR) is 73.0 cm³/mol. The molecular weight excluding hydrogens is 238 g/mol. The lowest BCUT2D eigenvalue weighted by atomic mass is 9.85. The number of hydrogen-bond donors (Lipinski definition) is 1. The van der Waals surface area contributed by atoms with Gasteiger partial charge in [0.1, 0.15) is 6.61 Å². The van der Waals surface area contributed by atoms with Gasteiger partial charge < -0.3 is 10.1 Å². The van der Waals surface area contributed by atoms with Crippen LogP contribution < -0.4 is 5.32 Å². The normalized spacial score (nSPS) is 18.2. The molecule has 1 amide bonds. The van der Waals surface area contributed by atoms with Crippen LogP contribution in [0.25, 0.3) is 0 Å². The lowest BCUT2D eigenvalue weighted by Gasteiger charge is -2.22. The summed E-state index contributed by atoms with van der Waals surface area (Å²) in [6.45, 7) is 0.410. The maximum absolute atomic E-state index is 11.3. The highest BCUT2D eigenvalue weighted by atomic mass is 16.6. The number of benzene rings is 2. The van der Waals surface area contributed by atoms with Crippen LogP contribution in [0.2, 0.25) is 0 Å². The molecule has 1 atom stereocenters. The molecule has 1 aliphatic heterocycles. The number of nitrogens with one attached hydrogen (secondary N) is 1. The standard InChI is InChI=1S/C16H15NO2/c18-16-17-14(11-19-16)15(12-7-3-1-4-8-12)13-9-5-2-6-10-13/h1-10,14-15H,11H2,(H,17,18). The van der Waals surface area contributed by atoms with Gasteiger partial charge in [0.2, 0.25) is 0 Å². The number of ether oxygens (including phenoxy) is 1. The van der Waals surface area contributed by atoms with Gasteiger partial charge in [-0.05, 0) is 11.1 Å². The van der Waals surface area contributed by atoms with E-state index in [1.807, 2.05) is 36.4 Å². The fraction of sp³-hybridized carbons (Fsp3) is 0.188. The summed E-state index contributed by atoms with van der Waals surface area (Å²) in [5.74, 6) is 0.119. The average molecular weight is 253 g/mol. The summed E-state index contributed by atoms with van der Waals surface area (Å²) < 4.78 is 5.04. The van der Waals surface area contributed by atoms with Gasteiger partial charge in [-0.3, -0.25) is 0 Å². The molecule has 1 N–H and O–H groups in total. The Hall–Kier alpha value is -2.29. The van der Waals surface area contributed by atoms with Crippen molar-refractivity contribution < 1.29 is 9.53 Å². The molecule has 0 aliphatic carbocycles. The molecule has 1 saturated heterocycles. The third-order valence-corrected chi connectivity index (χ3v) is 3.42. The minimum absolute atomic E-state index is 0.0164. The SMILES string of the molecule is O=C1NC(C(c2ccccc2)c2ccccc2)CO1. The fourth-order valence-corrected chi connectivity index (χ4v) is 2.56. The summed E-state index contributed by atoms with van der Waals surface area (Å²) in [5, 5.41) is 2.89. The Bertz CT molecular complexity index is 514. The lowest BCUT2D eigenvalue weighted by Crippen LogP contribution is -2.33. The number of alkyl carbamates (subject to hydrolysis) is 1. The molecule has 1 aliphatic rings. The number of carbonyl (C=O) groups is 1. The Balaban J connectivity index is 1.99. The van der Waals surface area contributed by atoms with Crippen molar-refractivity contribution in [3.8, 4) is 0 Å². The summed E-state index contributed by atoms with van der Waals surface area (Å²) >= 11 is 0. The largest absolute Gasteiger partial charge is 0.447 e. The molecule has 3 heteroatoms. The third kappa shape index (κ3) is 2.45. The van der Waals surface area contributed by atoms with E-state index in [0.29, 0.717) is 6.61 Å². The molecule has 0 saturated carbocycles. The maximum atomic E-state index is 11.3. The molecule has 19 heavy (non-hydrogen) atoms. The van der Waals surface area contributed by atoms with Crippen LogP contribution in [0.3, 0.4) is 0 Å². The number of cyclic esters (lactones) is 1. The molecule has 2 aromatic rings. The van der Waals surface area contributed by atoms with Crippen molar-refractivity contribution in [1.82, 2.24) is 5.32 Å². The summed E-state index contributed by atoms with van der Waals surface area (Å²) in [7, 11) is 0. The second kappa shape index (κ2) is 5.14. The van der Waals surface area contributed by atoms with E-state index in [1.165, 1.54) is 11.1 Å². The van der Waals surface area contributed by atoms with Gasteiger partial charge in [-0.1, -0.05) is 60.7 Å². The van der Waals surface area contributed by atoms with E-state index in [-0.39, 0.29) is 18.1 Å². The van der Waals surface area contributed by atoms with E-state index in [1.54, 1.807) is 0 Å². The van der Waals surface area contributed by atoms with Crippen molar-refractivity contribution in [1.29, 1.82) is 0 Å². The molecule has 3 nitrogen and oxygen atoms in total. The summed E-state index contributed by atoms with van der Waals surface area (Å²) in [4.78, 5) is 11.3. The molecule has 1 heterocycles. The van der Waals surface area contributed by atoms with E-state index in [2.05, 4.69) is 29.6 Å². The topological polar surface area (TPSA) is 38.3 Å². The number of amides is 1. The lowest BCUT2D eigenvalue weighted by molar-refractivity contribution is 0.176. The van der Waals surface area contributed by atoms with Gasteiger partial charge in [0.05, 0.1) is 6.04 Å². The van der Waals surface area contributed by atoms with E-state index in [4.69, 9.17) is 4.74 Å². The van der Waals surface area contributed by atoms with Gasteiger partial charge in [0.15, 0.2) is 0 Å². The molecule has 1 unspecified atom stereocenters. The molecular formula is C16H15NO2. The quantitative estimate of drug-likeness (QED) is 0.913.